The van der Waals surface area contributed by atoms with Gasteiger partial charge in [0.25, 0.3) is 5.91 Å². The van der Waals surface area contributed by atoms with E-state index in [0.29, 0.717) is 12.1 Å². The first-order valence-electron chi connectivity index (χ1n) is 11.1. The normalized spacial score (nSPS) is 22.2. The maximum Gasteiger partial charge on any atom is 0.416 e. The van der Waals surface area contributed by atoms with Crippen molar-refractivity contribution in [3.05, 3.63) is 89.7 Å². The molecule has 35 heavy (non-hydrogen) atoms. The molecule has 0 saturated heterocycles. The molecule has 1 amide bonds. The van der Waals surface area contributed by atoms with Crippen molar-refractivity contribution in [2.75, 3.05) is 7.05 Å². The van der Waals surface area contributed by atoms with E-state index in [1.54, 1.807) is 0 Å². The van der Waals surface area contributed by atoms with E-state index >= 15 is 0 Å². The van der Waals surface area contributed by atoms with Gasteiger partial charge < -0.3 is 15.2 Å². The molecule has 184 valence electrons. The van der Waals surface area contributed by atoms with Crippen molar-refractivity contribution in [1.82, 2.24) is 20.4 Å². The number of likely N-dealkylation sites (N-methyl/N-ethyl adjacent to an activating group) is 1. The molecule has 2 N–H and O–H groups in total. The van der Waals surface area contributed by atoms with E-state index in [1.807, 2.05) is 42.3 Å². The molecule has 7 nitrogen and oxygen atoms in total. The fourth-order valence-corrected chi connectivity index (χ4v) is 4.39. The molecule has 1 aromatic heterocycles. The van der Waals surface area contributed by atoms with E-state index in [2.05, 4.69) is 15.5 Å². The van der Waals surface area contributed by atoms with Gasteiger partial charge in [0.15, 0.2) is 0 Å². The summed E-state index contributed by atoms with van der Waals surface area (Å²) < 4.78 is 45.2. The van der Waals surface area contributed by atoms with Crippen LogP contribution in [0.25, 0.3) is 0 Å². The number of nitrogens with zero attached hydrogens (tertiary/aromatic N) is 3. The molecule has 4 atom stereocenters. The highest BCUT2D eigenvalue weighted by molar-refractivity contribution is 5.94. The number of rotatable bonds is 7. The third-order valence-electron chi connectivity index (χ3n) is 6.02. The van der Waals surface area contributed by atoms with Gasteiger partial charge in [-0.3, -0.25) is 9.69 Å². The molecule has 1 fully saturated rings. The van der Waals surface area contributed by atoms with E-state index < -0.39 is 41.9 Å². The Kier molecular flexibility index (Phi) is 7.32. The predicted molar refractivity (Wildman–Crippen MR) is 121 cm³/mol. The average Bonchev–Trinajstić information content (AvgIpc) is 3.14. The summed E-state index contributed by atoms with van der Waals surface area (Å²) in [6.07, 6.45) is -3.48. The molecule has 4 rings (SSSR count). The Bertz CT molecular complexity index is 1130. The lowest BCUT2D eigenvalue weighted by Gasteiger charge is -2.32. The van der Waals surface area contributed by atoms with Gasteiger partial charge in [-0.05, 0) is 36.9 Å². The zero-order valence-electron chi connectivity index (χ0n) is 18.9. The fourth-order valence-electron chi connectivity index (χ4n) is 4.39. The summed E-state index contributed by atoms with van der Waals surface area (Å²) in [5.41, 5.74) is 0.476. The molecule has 1 aliphatic rings. The number of aromatic nitrogens is 2. The highest BCUT2D eigenvalue weighted by Gasteiger charge is 2.46. The Hall–Kier alpha value is -3.50. The van der Waals surface area contributed by atoms with Crippen molar-refractivity contribution in [2.24, 2.45) is 0 Å². The quantitative estimate of drug-likeness (QED) is 0.533. The number of ether oxygens (including phenoxy) is 1. The first-order chi connectivity index (χ1) is 16.7. The number of hydrogen-bond acceptors (Lipinski definition) is 6. The maximum absolute atomic E-state index is 13.1. The number of hydrogen-bond donors (Lipinski definition) is 2. The lowest BCUT2D eigenvalue weighted by molar-refractivity contribution is -0.137. The van der Waals surface area contributed by atoms with E-state index in [9.17, 15) is 23.1 Å². The van der Waals surface area contributed by atoms with E-state index in [-0.39, 0.29) is 12.2 Å². The number of benzene rings is 2. The number of carbonyl (C=O) groups excluding carboxylic acids is 1. The number of alkyl halides is 3. The summed E-state index contributed by atoms with van der Waals surface area (Å²) in [7, 11) is 1.82. The van der Waals surface area contributed by atoms with Crippen LogP contribution in [-0.2, 0) is 12.7 Å². The van der Waals surface area contributed by atoms with Crippen LogP contribution in [0, 0.1) is 0 Å². The summed E-state index contributed by atoms with van der Waals surface area (Å²) in [5.74, 6) is -0.395. The molecule has 10 heteroatoms. The van der Waals surface area contributed by atoms with Crippen LogP contribution in [-0.4, -0.2) is 57.5 Å². The molecular formula is C25H25F3N4O3. The summed E-state index contributed by atoms with van der Waals surface area (Å²) in [5, 5.41) is 21.5. The second-order valence-electron chi connectivity index (χ2n) is 8.51. The number of nitrogens with one attached hydrogen (secondary N) is 1. The summed E-state index contributed by atoms with van der Waals surface area (Å²) in [6, 6.07) is 14.6. The average molecular weight is 486 g/mol. The third kappa shape index (κ3) is 5.95. The van der Waals surface area contributed by atoms with Crippen LogP contribution in [0.1, 0.15) is 27.9 Å². The van der Waals surface area contributed by atoms with Crippen molar-refractivity contribution in [2.45, 2.75) is 43.4 Å². The largest absolute Gasteiger partial charge is 0.488 e. The first-order valence-corrected chi connectivity index (χ1v) is 11.1. The summed E-state index contributed by atoms with van der Waals surface area (Å²) >= 11 is 0. The second kappa shape index (κ2) is 10.4. The van der Waals surface area contributed by atoms with Crippen LogP contribution in [0.15, 0.2) is 73.1 Å². The number of carbonyl (C=O) groups is 1. The molecule has 3 aromatic rings. The third-order valence-corrected chi connectivity index (χ3v) is 6.02. The maximum atomic E-state index is 13.1. The molecule has 0 unspecified atom stereocenters. The van der Waals surface area contributed by atoms with Gasteiger partial charge in [-0.1, -0.05) is 36.4 Å². The second-order valence-corrected chi connectivity index (χ2v) is 8.51. The molecule has 0 radical (unpaired) electrons. The van der Waals surface area contributed by atoms with Crippen molar-refractivity contribution in [1.29, 1.82) is 0 Å². The van der Waals surface area contributed by atoms with E-state index in [4.69, 9.17) is 4.74 Å². The Balaban J connectivity index is 1.55. The van der Waals surface area contributed by atoms with Crippen molar-refractivity contribution < 1.29 is 27.8 Å². The lowest BCUT2D eigenvalue weighted by Crippen LogP contribution is -2.51. The van der Waals surface area contributed by atoms with Gasteiger partial charge in [-0.15, -0.1) is 0 Å². The topological polar surface area (TPSA) is 87.6 Å². The van der Waals surface area contributed by atoms with Crippen LogP contribution in [0.2, 0.25) is 0 Å². The summed E-state index contributed by atoms with van der Waals surface area (Å²) in [4.78, 5) is 14.7. The van der Waals surface area contributed by atoms with Gasteiger partial charge in [0.2, 0.25) is 0 Å². The minimum atomic E-state index is -4.51. The van der Waals surface area contributed by atoms with Gasteiger partial charge in [0, 0.05) is 13.0 Å². The van der Waals surface area contributed by atoms with Crippen LogP contribution in [0.5, 0.6) is 5.75 Å². The SMILES string of the molecule is CN(Cc1ccccc1)[C@@H]1[C@@H](O)[C@H](Oc2cccc(C(F)(F)F)c2)C[C@H]1NC(=O)c1ccnnc1. The first kappa shape index (κ1) is 24.6. The number of amides is 1. The number of aliphatic hydroxyl groups excluding tert-OH is 1. The smallest absolute Gasteiger partial charge is 0.416 e. The van der Waals surface area contributed by atoms with Crippen LogP contribution in [0.3, 0.4) is 0 Å². The summed E-state index contributed by atoms with van der Waals surface area (Å²) in [6.45, 7) is 0.488. The molecule has 0 bridgehead atoms. The Labute approximate surface area is 200 Å². The van der Waals surface area contributed by atoms with Crippen molar-refractivity contribution in [3.63, 3.8) is 0 Å². The van der Waals surface area contributed by atoms with Crippen molar-refractivity contribution >= 4 is 5.91 Å². The minimum absolute atomic E-state index is 0.00125. The molecular weight excluding hydrogens is 461 g/mol. The van der Waals surface area contributed by atoms with E-state index in [1.165, 1.54) is 30.6 Å². The van der Waals surface area contributed by atoms with Crippen LogP contribution < -0.4 is 10.1 Å². The highest BCUT2D eigenvalue weighted by Crippen LogP contribution is 2.34. The molecule has 2 aromatic carbocycles. The van der Waals surface area contributed by atoms with Gasteiger partial charge in [0.1, 0.15) is 18.0 Å². The molecule has 1 heterocycles. The molecule has 0 aliphatic heterocycles. The minimum Gasteiger partial charge on any atom is -0.488 e. The van der Waals surface area contributed by atoms with Crippen LogP contribution in [0.4, 0.5) is 13.2 Å². The standard InChI is InChI=1S/C25H25F3N4O3/c1-32(15-16-6-3-2-4-7-16)22-20(31-24(34)17-10-11-29-30-14-17)13-21(23(22)33)35-19-9-5-8-18(12-19)25(26,27)28/h2-12,14,20-23,33H,13,15H2,1H3,(H,31,34)/t20-,21-,22+,23+/m1/s1. The number of halogens is 3. The van der Waals surface area contributed by atoms with Crippen LogP contribution >= 0.6 is 0 Å². The zero-order chi connectivity index (χ0) is 25.0. The number of aliphatic hydroxyl groups is 1. The van der Waals surface area contributed by atoms with Gasteiger partial charge in [-0.25, -0.2) is 0 Å². The Morgan fingerprint density at radius 1 is 1.14 bits per heavy atom. The Morgan fingerprint density at radius 3 is 2.60 bits per heavy atom. The monoisotopic (exact) mass is 486 g/mol. The molecule has 1 aliphatic carbocycles. The zero-order valence-corrected chi connectivity index (χ0v) is 18.9. The van der Waals surface area contributed by atoms with Gasteiger partial charge >= 0.3 is 6.18 Å². The Morgan fingerprint density at radius 2 is 1.91 bits per heavy atom. The van der Waals surface area contributed by atoms with Gasteiger partial charge in [0.05, 0.1) is 35.6 Å². The van der Waals surface area contributed by atoms with Gasteiger partial charge in [-0.2, -0.15) is 23.4 Å². The predicted octanol–water partition coefficient (Wildman–Crippen LogP) is 3.31. The molecule has 0 spiro atoms. The highest BCUT2D eigenvalue weighted by atomic mass is 19.4. The van der Waals surface area contributed by atoms with E-state index in [0.717, 1.165) is 17.7 Å². The molecule has 1 saturated carbocycles. The fraction of sp³-hybridized carbons (Fsp3) is 0.320. The lowest BCUT2D eigenvalue weighted by atomic mass is 10.1. The van der Waals surface area contributed by atoms with Crippen molar-refractivity contribution in [3.8, 4) is 5.75 Å².